The van der Waals surface area contributed by atoms with Crippen LogP contribution in [0.3, 0.4) is 0 Å². The van der Waals surface area contributed by atoms with Gasteiger partial charge in [-0.1, -0.05) is 0 Å². The van der Waals surface area contributed by atoms with Gasteiger partial charge in [0.05, 0.1) is 5.69 Å². The van der Waals surface area contributed by atoms with Crippen LogP contribution in [0.4, 0.5) is 11.4 Å². The normalized spacial score (nSPS) is 21.4. The molecule has 1 saturated carbocycles. The van der Waals surface area contributed by atoms with Crippen LogP contribution in [-0.4, -0.2) is 18.1 Å². The molecule has 3 rings (SSSR count). The van der Waals surface area contributed by atoms with Crippen molar-refractivity contribution in [2.75, 3.05) is 17.2 Å². The van der Waals surface area contributed by atoms with Crippen LogP contribution < -0.4 is 15.4 Å². The Labute approximate surface area is 107 Å². The number of amides is 1. The monoisotopic (exact) mass is 246 g/mol. The van der Waals surface area contributed by atoms with Crippen molar-refractivity contribution in [1.29, 1.82) is 0 Å². The van der Waals surface area contributed by atoms with Gasteiger partial charge in [-0.05, 0) is 44.7 Å². The molecule has 1 aromatic rings. The molecule has 1 aromatic carbocycles. The largest absolute Gasteiger partial charge is 0.476 e. The number of benzene rings is 1. The van der Waals surface area contributed by atoms with Crippen LogP contribution in [0.5, 0.6) is 5.75 Å². The molecule has 0 spiro atoms. The maximum absolute atomic E-state index is 12.4. The van der Waals surface area contributed by atoms with Crippen molar-refractivity contribution in [3.05, 3.63) is 18.2 Å². The average molecular weight is 246 g/mol. The lowest BCUT2D eigenvalue weighted by molar-refractivity contribution is -0.132. The van der Waals surface area contributed by atoms with Gasteiger partial charge in [0, 0.05) is 18.3 Å². The molecule has 0 aromatic heterocycles. The van der Waals surface area contributed by atoms with Crippen LogP contribution >= 0.6 is 0 Å². The van der Waals surface area contributed by atoms with Gasteiger partial charge in [0.1, 0.15) is 5.75 Å². The van der Waals surface area contributed by atoms with Gasteiger partial charge in [0.25, 0.3) is 5.91 Å². The zero-order valence-corrected chi connectivity index (χ0v) is 10.8. The molecule has 4 nitrogen and oxygen atoms in total. The molecule has 1 heterocycles. The lowest BCUT2D eigenvalue weighted by Crippen LogP contribution is -2.53. The molecule has 0 unspecified atom stereocenters. The molecule has 1 amide bonds. The number of hydrogen-bond donors (Lipinski definition) is 1. The number of carbonyl (C=O) groups excluding carboxylic acids is 1. The molecule has 2 aliphatic rings. The summed E-state index contributed by atoms with van der Waals surface area (Å²) in [5.74, 6) is 1.39. The maximum atomic E-state index is 12.4. The van der Waals surface area contributed by atoms with Gasteiger partial charge in [-0.2, -0.15) is 0 Å². The van der Waals surface area contributed by atoms with Gasteiger partial charge >= 0.3 is 0 Å². The molecule has 4 heteroatoms. The first kappa shape index (κ1) is 11.4. The van der Waals surface area contributed by atoms with E-state index in [2.05, 4.69) is 0 Å². The Morgan fingerprint density at radius 3 is 2.83 bits per heavy atom. The molecule has 96 valence electrons. The molecule has 1 aliphatic carbocycles. The summed E-state index contributed by atoms with van der Waals surface area (Å²) in [6.07, 6.45) is 2.44. The second kappa shape index (κ2) is 3.64. The van der Waals surface area contributed by atoms with E-state index in [1.54, 1.807) is 19.9 Å². The lowest BCUT2D eigenvalue weighted by atomic mass is 10.0. The molecule has 0 radical (unpaired) electrons. The molecule has 0 saturated heterocycles. The number of nitrogens with zero attached hydrogens (tertiary/aromatic N) is 1. The molecule has 0 atom stereocenters. The summed E-state index contributed by atoms with van der Waals surface area (Å²) in [7, 11) is 0. The summed E-state index contributed by atoms with van der Waals surface area (Å²) in [5, 5.41) is 0. The summed E-state index contributed by atoms with van der Waals surface area (Å²) in [6.45, 7) is 4.41. The van der Waals surface area contributed by atoms with E-state index in [-0.39, 0.29) is 5.91 Å². The first-order valence-electron chi connectivity index (χ1n) is 6.38. The molecule has 0 bridgehead atoms. The van der Waals surface area contributed by atoms with Crippen LogP contribution in [-0.2, 0) is 4.79 Å². The minimum atomic E-state index is -0.810. The molecule has 2 N–H and O–H groups in total. The Bertz CT molecular complexity index is 507. The SMILES string of the molecule is CC1(C)Oc2cc(N)ccc2N(CC2CC2)C1=O. The fourth-order valence-electron chi connectivity index (χ4n) is 2.33. The second-order valence-corrected chi connectivity index (χ2v) is 5.70. The highest BCUT2D eigenvalue weighted by molar-refractivity contribution is 6.02. The van der Waals surface area contributed by atoms with E-state index in [0.29, 0.717) is 17.4 Å². The zero-order chi connectivity index (χ0) is 12.9. The number of nitrogens with two attached hydrogens (primary N) is 1. The zero-order valence-electron chi connectivity index (χ0n) is 10.8. The van der Waals surface area contributed by atoms with Crippen molar-refractivity contribution in [2.24, 2.45) is 5.92 Å². The van der Waals surface area contributed by atoms with E-state index in [1.807, 2.05) is 17.0 Å². The average Bonchev–Trinajstić information content (AvgIpc) is 3.08. The first-order valence-corrected chi connectivity index (χ1v) is 6.38. The lowest BCUT2D eigenvalue weighted by Gasteiger charge is -2.39. The number of anilines is 2. The smallest absolute Gasteiger partial charge is 0.270 e. The number of ether oxygens (including phenoxy) is 1. The van der Waals surface area contributed by atoms with Crippen LogP contribution in [0.1, 0.15) is 26.7 Å². The van der Waals surface area contributed by atoms with E-state index in [4.69, 9.17) is 10.5 Å². The highest BCUT2D eigenvalue weighted by Crippen LogP contribution is 2.41. The molecule has 18 heavy (non-hydrogen) atoms. The van der Waals surface area contributed by atoms with Crippen molar-refractivity contribution >= 4 is 17.3 Å². The Kier molecular flexibility index (Phi) is 2.30. The molecule has 1 aliphatic heterocycles. The van der Waals surface area contributed by atoms with Crippen molar-refractivity contribution < 1.29 is 9.53 Å². The third-order valence-corrected chi connectivity index (χ3v) is 3.54. The van der Waals surface area contributed by atoms with Crippen molar-refractivity contribution in [1.82, 2.24) is 0 Å². The highest BCUT2D eigenvalue weighted by Gasteiger charge is 2.42. The Morgan fingerprint density at radius 1 is 1.44 bits per heavy atom. The minimum absolute atomic E-state index is 0.0340. The fourth-order valence-corrected chi connectivity index (χ4v) is 2.33. The van der Waals surface area contributed by atoms with Crippen molar-refractivity contribution in [3.63, 3.8) is 0 Å². The number of carbonyl (C=O) groups is 1. The van der Waals surface area contributed by atoms with Crippen LogP contribution in [0.15, 0.2) is 18.2 Å². The van der Waals surface area contributed by atoms with Crippen molar-refractivity contribution in [3.8, 4) is 5.75 Å². The molecule has 1 fully saturated rings. The first-order chi connectivity index (χ1) is 8.47. The summed E-state index contributed by atoms with van der Waals surface area (Å²) in [5.41, 5.74) is 6.48. The number of nitrogen functional groups attached to an aromatic ring is 1. The summed E-state index contributed by atoms with van der Waals surface area (Å²) in [6, 6.07) is 5.48. The predicted molar refractivity (Wildman–Crippen MR) is 70.6 cm³/mol. The summed E-state index contributed by atoms with van der Waals surface area (Å²) in [4.78, 5) is 14.3. The number of rotatable bonds is 2. The number of hydrogen-bond acceptors (Lipinski definition) is 3. The van der Waals surface area contributed by atoms with E-state index >= 15 is 0 Å². The quantitative estimate of drug-likeness (QED) is 0.814. The van der Waals surface area contributed by atoms with Gasteiger partial charge in [-0.15, -0.1) is 0 Å². The molecular formula is C14H18N2O2. The topological polar surface area (TPSA) is 55.6 Å². The van der Waals surface area contributed by atoms with Gasteiger partial charge in [0.2, 0.25) is 0 Å². The van der Waals surface area contributed by atoms with E-state index in [9.17, 15) is 4.79 Å². The van der Waals surface area contributed by atoms with Gasteiger partial charge in [-0.3, -0.25) is 4.79 Å². The second-order valence-electron chi connectivity index (χ2n) is 5.70. The van der Waals surface area contributed by atoms with Gasteiger partial charge in [0.15, 0.2) is 5.60 Å². The van der Waals surface area contributed by atoms with E-state index in [1.165, 1.54) is 12.8 Å². The number of fused-ring (bicyclic) bond motifs is 1. The maximum Gasteiger partial charge on any atom is 0.270 e. The highest BCUT2D eigenvalue weighted by atomic mass is 16.5. The van der Waals surface area contributed by atoms with Crippen LogP contribution in [0, 0.1) is 5.92 Å². The summed E-state index contributed by atoms with van der Waals surface area (Å²) < 4.78 is 5.77. The Hall–Kier alpha value is -1.71. The third-order valence-electron chi connectivity index (χ3n) is 3.54. The third kappa shape index (κ3) is 1.82. The molecular weight excluding hydrogens is 228 g/mol. The van der Waals surface area contributed by atoms with Gasteiger partial charge < -0.3 is 15.4 Å². The Morgan fingerprint density at radius 2 is 2.17 bits per heavy atom. The van der Waals surface area contributed by atoms with E-state index < -0.39 is 5.60 Å². The van der Waals surface area contributed by atoms with Crippen LogP contribution in [0.25, 0.3) is 0 Å². The van der Waals surface area contributed by atoms with E-state index in [0.717, 1.165) is 12.2 Å². The van der Waals surface area contributed by atoms with Crippen molar-refractivity contribution in [2.45, 2.75) is 32.3 Å². The van der Waals surface area contributed by atoms with Gasteiger partial charge in [-0.25, -0.2) is 0 Å². The minimum Gasteiger partial charge on any atom is -0.476 e. The fraction of sp³-hybridized carbons (Fsp3) is 0.500. The summed E-state index contributed by atoms with van der Waals surface area (Å²) >= 11 is 0. The van der Waals surface area contributed by atoms with Crippen LogP contribution in [0.2, 0.25) is 0 Å². The predicted octanol–water partition coefficient (Wildman–Crippen LogP) is 2.18. The standard InChI is InChI=1S/C14H18N2O2/c1-14(2)13(17)16(8-9-3-4-9)11-6-5-10(15)7-12(11)18-14/h5-7,9H,3-4,8,15H2,1-2H3. The Balaban J connectivity index is 2.03.